The highest BCUT2D eigenvalue weighted by atomic mass is 35.5. The van der Waals surface area contributed by atoms with E-state index < -0.39 is 0 Å². The Bertz CT molecular complexity index is 1200. The summed E-state index contributed by atoms with van der Waals surface area (Å²) in [5.74, 6) is 0.920. The van der Waals surface area contributed by atoms with Gasteiger partial charge in [0.05, 0.1) is 0 Å². The lowest BCUT2D eigenvalue weighted by atomic mass is 10.1. The van der Waals surface area contributed by atoms with Gasteiger partial charge < -0.3 is 14.5 Å². The fraction of sp³-hybridized carbons (Fsp3) is 0.130. The molecular formula is C23H19ClN2O3. The van der Waals surface area contributed by atoms with E-state index in [0.717, 1.165) is 16.7 Å². The summed E-state index contributed by atoms with van der Waals surface area (Å²) in [4.78, 5) is 16.8. The number of oxazole rings is 1. The first-order valence-electron chi connectivity index (χ1n) is 9.15. The number of hydrogen-bond acceptors (Lipinski definition) is 4. The third-order valence-electron chi connectivity index (χ3n) is 4.54. The highest BCUT2D eigenvalue weighted by Gasteiger charge is 2.12. The van der Waals surface area contributed by atoms with E-state index in [4.69, 9.17) is 20.8 Å². The van der Waals surface area contributed by atoms with Gasteiger partial charge in [-0.3, -0.25) is 4.79 Å². The second kappa shape index (κ2) is 7.97. The van der Waals surface area contributed by atoms with Crippen LogP contribution in [0.3, 0.4) is 0 Å². The molecule has 5 nitrogen and oxygen atoms in total. The molecule has 6 heteroatoms. The van der Waals surface area contributed by atoms with E-state index in [-0.39, 0.29) is 12.5 Å². The Labute approximate surface area is 173 Å². The Kier molecular flexibility index (Phi) is 5.23. The van der Waals surface area contributed by atoms with Crippen molar-refractivity contribution in [3.8, 4) is 17.2 Å². The molecule has 0 bridgehead atoms. The Morgan fingerprint density at radius 3 is 2.69 bits per heavy atom. The van der Waals surface area contributed by atoms with E-state index in [1.165, 1.54) is 0 Å². The molecule has 0 fully saturated rings. The highest BCUT2D eigenvalue weighted by Crippen LogP contribution is 2.28. The standard InChI is InChI=1S/C23H19ClN2O3/c1-14-5-3-4-6-18(14)23-26-19-12-17(8-10-21(19)29-23)25-22(27)13-28-20-9-7-16(24)11-15(20)2/h3-12H,13H2,1-2H3,(H,25,27). The molecule has 1 heterocycles. The molecule has 4 rings (SSSR count). The summed E-state index contributed by atoms with van der Waals surface area (Å²) in [6, 6.07) is 18.5. The Morgan fingerprint density at radius 1 is 1.07 bits per heavy atom. The molecule has 0 aliphatic rings. The van der Waals surface area contributed by atoms with Crippen LogP contribution in [0, 0.1) is 13.8 Å². The van der Waals surface area contributed by atoms with E-state index in [9.17, 15) is 4.79 Å². The number of rotatable bonds is 5. The minimum absolute atomic E-state index is 0.103. The van der Waals surface area contributed by atoms with Crippen molar-refractivity contribution < 1.29 is 13.9 Å². The van der Waals surface area contributed by atoms with Crippen molar-refractivity contribution in [2.75, 3.05) is 11.9 Å². The van der Waals surface area contributed by atoms with Gasteiger partial charge in [-0.2, -0.15) is 0 Å². The van der Waals surface area contributed by atoms with Crippen LogP contribution in [0.5, 0.6) is 5.75 Å². The maximum Gasteiger partial charge on any atom is 0.262 e. The number of hydrogen-bond donors (Lipinski definition) is 1. The van der Waals surface area contributed by atoms with Gasteiger partial charge >= 0.3 is 0 Å². The summed E-state index contributed by atoms with van der Waals surface area (Å²) in [5.41, 5.74) is 4.87. The number of carbonyl (C=O) groups is 1. The van der Waals surface area contributed by atoms with E-state index >= 15 is 0 Å². The minimum atomic E-state index is -0.263. The molecule has 3 aromatic carbocycles. The molecule has 4 aromatic rings. The van der Waals surface area contributed by atoms with Crippen LogP contribution in [0.15, 0.2) is 65.1 Å². The number of aromatic nitrogens is 1. The van der Waals surface area contributed by atoms with Crippen LogP contribution < -0.4 is 10.1 Å². The van der Waals surface area contributed by atoms with E-state index in [2.05, 4.69) is 10.3 Å². The van der Waals surface area contributed by atoms with E-state index in [0.29, 0.717) is 33.4 Å². The van der Waals surface area contributed by atoms with Crippen LogP contribution in [-0.2, 0) is 4.79 Å². The van der Waals surface area contributed by atoms with Crippen LogP contribution in [0.1, 0.15) is 11.1 Å². The van der Waals surface area contributed by atoms with Crippen LogP contribution in [0.4, 0.5) is 5.69 Å². The third kappa shape index (κ3) is 4.25. The number of aryl methyl sites for hydroxylation is 2. The number of nitrogens with one attached hydrogen (secondary N) is 1. The summed E-state index contributed by atoms with van der Waals surface area (Å²) < 4.78 is 11.4. The highest BCUT2D eigenvalue weighted by molar-refractivity contribution is 6.30. The van der Waals surface area contributed by atoms with Crippen molar-refractivity contribution in [1.82, 2.24) is 4.98 Å². The summed E-state index contributed by atoms with van der Waals surface area (Å²) >= 11 is 5.94. The van der Waals surface area contributed by atoms with Crippen LogP contribution >= 0.6 is 11.6 Å². The number of amides is 1. The van der Waals surface area contributed by atoms with Gasteiger partial charge in [-0.25, -0.2) is 4.98 Å². The first kappa shape index (κ1) is 19.0. The molecule has 29 heavy (non-hydrogen) atoms. The van der Waals surface area contributed by atoms with Gasteiger partial charge in [0.15, 0.2) is 12.2 Å². The lowest BCUT2D eigenvalue weighted by molar-refractivity contribution is -0.118. The number of carbonyl (C=O) groups excluding carboxylic acids is 1. The van der Waals surface area contributed by atoms with E-state index in [1.807, 2.05) is 38.1 Å². The van der Waals surface area contributed by atoms with Gasteiger partial charge in [-0.1, -0.05) is 29.8 Å². The molecule has 0 saturated carbocycles. The molecule has 1 aromatic heterocycles. The number of halogens is 1. The zero-order valence-electron chi connectivity index (χ0n) is 16.0. The maximum atomic E-state index is 12.3. The van der Waals surface area contributed by atoms with Gasteiger partial charge in [0.25, 0.3) is 5.91 Å². The zero-order valence-corrected chi connectivity index (χ0v) is 16.8. The van der Waals surface area contributed by atoms with E-state index in [1.54, 1.807) is 36.4 Å². The summed E-state index contributed by atoms with van der Waals surface area (Å²) in [6.45, 7) is 3.79. The Balaban J connectivity index is 1.46. The monoisotopic (exact) mass is 406 g/mol. The molecule has 1 amide bonds. The van der Waals surface area contributed by atoms with Gasteiger partial charge in [0, 0.05) is 16.3 Å². The quantitative estimate of drug-likeness (QED) is 0.456. The number of ether oxygens (including phenoxy) is 1. The number of fused-ring (bicyclic) bond motifs is 1. The van der Waals surface area contributed by atoms with Crippen LogP contribution in [0.2, 0.25) is 5.02 Å². The SMILES string of the molecule is Cc1cc(Cl)ccc1OCC(=O)Nc1ccc2oc(-c3ccccc3C)nc2c1. The average Bonchev–Trinajstić information content (AvgIpc) is 3.10. The second-order valence-electron chi connectivity index (χ2n) is 6.76. The fourth-order valence-corrected chi connectivity index (χ4v) is 3.28. The van der Waals surface area contributed by atoms with Crippen LogP contribution in [0.25, 0.3) is 22.6 Å². The predicted molar refractivity (Wildman–Crippen MR) is 114 cm³/mol. The summed E-state index contributed by atoms with van der Waals surface area (Å²) in [7, 11) is 0. The van der Waals surface area contributed by atoms with Gasteiger partial charge in [0.2, 0.25) is 5.89 Å². The molecule has 0 saturated heterocycles. The van der Waals surface area contributed by atoms with Crippen molar-refractivity contribution >= 4 is 34.3 Å². The Hall–Kier alpha value is -3.31. The first-order chi connectivity index (χ1) is 14.0. The molecule has 0 atom stereocenters. The second-order valence-corrected chi connectivity index (χ2v) is 7.20. The van der Waals surface area contributed by atoms with Gasteiger partial charge in [-0.15, -0.1) is 0 Å². The van der Waals surface area contributed by atoms with Gasteiger partial charge in [0.1, 0.15) is 11.3 Å². The first-order valence-corrected chi connectivity index (χ1v) is 9.53. The third-order valence-corrected chi connectivity index (χ3v) is 4.78. The van der Waals surface area contributed by atoms with Crippen molar-refractivity contribution in [3.63, 3.8) is 0 Å². The van der Waals surface area contributed by atoms with Gasteiger partial charge in [-0.05, 0) is 67.4 Å². The normalized spacial score (nSPS) is 10.9. The molecule has 1 N–H and O–H groups in total. The fourth-order valence-electron chi connectivity index (χ4n) is 3.05. The predicted octanol–water partition coefficient (Wildman–Crippen LogP) is 5.78. The van der Waals surface area contributed by atoms with Crippen molar-refractivity contribution in [2.45, 2.75) is 13.8 Å². The molecule has 0 aliphatic heterocycles. The number of nitrogens with zero attached hydrogens (tertiary/aromatic N) is 1. The molecule has 0 aliphatic carbocycles. The number of anilines is 1. The Morgan fingerprint density at radius 2 is 1.90 bits per heavy atom. The smallest absolute Gasteiger partial charge is 0.262 e. The lowest BCUT2D eigenvalue weighted by Crippen LogP contribution is -2.20. The number of benzene rings is 3. The van der Waals surface area contributed by atoms with Crippen molar-refractivity contribution in [3.05, 3.63) is 76.8 Å². The molecular weight excluding hydrogens is 388 g/mol. The topological polar surface area (TPSA) is 64.4 Å². The van der Waals surface area contributed by atoms with Crippen LogP contribution in [-0.4, -0.2) is 17.5 Å². The molecule has 0 spiro atoms. The molecule has 0 unspecified atom stereocenters. The molecule has 0 radical (unpaired) electrons. The average molecular weight is 407 g/mol. The summed E-state index contributed by atoms with van der Waals surface area (Å²) in [6.07, 6.45) is 0. The minimum Gasteiger partial charge on any atom is -0.483 e. The van der Waals surface area contributed by atoms with Crippen molar-refractivity contribution in [2.24, 2.45) is 0 Å². The maximum absolute atomic E-state index is 12.3. The zero-order chi connectivity index (χ0) is 20.4. The molecule has 146 valence electrons. The largest absolute Gasteiger partial charge is 0.483 e. The van der Waals surface area contributed by atoms with Crippen molar-refractivity contribution in [1.29, 1.82) is 0 Å². The summed E-state index contributed by atoms with van der Waals surface area (Å²) in [5, 5.41) is 3.45. The lowest BCUT2D eigenvalue weighted by Gasteiger charge is -2.09.